The lowest BCUT2D eigenvalue weighted by Gasteiger charge is -2.41. The number of hydrogen-bond donors (Lipinski definition) is 0. The predicted octanol–water partition coefficient (Wildman–Crippen LogP) is 0.886. The molecule has 0 saturated carbocycles. The molecule has 3 heteroatoms. The molecule has 13 heavy (non-hydrogen) atoms. The van der Waals surface area contributed by atoms with Crippen molar-refractivity contribution in [1.82, 2.24) is 4.90 Å². The summed E-state index contributed by atoms with van der Waals surface area (Å²) in [6.45, 7) is 9.12. The van der Waals surface area contributed by atoms with Crippen LogP contribution in [0.2, 0.25) is 0 Å². The molecule has 2 aliphatic heterocycles. The summed E-state index contributed by atoms with van der Waals surface area (Å²) < 4.78 is 11.3. The number of morpholine rings is 1. The van der Waals surface area contributed by atoms with Crippen LogP contribution in [0.4, 0.5) is 0 Å². The molecule has 0 amide bonds. The van der Waals surface area contributed by atoms with Crippen LogP contribution in [0.25, 0.3) is 0 Å². The smallest absolute Gasteiger partial charge is 0.106 e. The molecule has 0 unspecified atom stereocenters. The van der Waals surface area contributed by atoms with E-state index in [9.17, 15) is 0 Å². The Morgan fingerprint density at radius 2 is 2.15 bits per heavy atom. The molecule has 2 heterocycles. The highest BCUT2D eigenvalue weighted by atomic mass is 16.6. The van der Waals surface area contributed by atoms with Gasteiger partial charge in [0.15, 0.2) is 0 Å². The highest BCUT2D eigenvalue weighted by molar-refractivity contribution is 4.91. The SMILES string of the molecule is CC(C)N1CCO[C@@]2(CCOC2)C1. The van der Waals surface area contributed by atoms with Gasteiger partial charge >= 0.3 is 0 Å². The maximum atomic E-state index is 5.84. The van der Waals surface area contributed by atoms with E-state index in [4.69, 9.17) is 9.47 Å². The summed E-state index contributed by atoms with van der Waals surface area (Å²) in [7, 11) is 0. The first-order chi connectivity index (χ1) is 6.22. The van der Waals surface area contributed by atoms with Gasteiger partial charge in [-0.15, -0.1) is 0 Å². The van der Waals surface area contributed by atoms with Gasteiger partial charge in [-0.1, -0.05) is 0 Å². The van der Waals surface area contributed by atoms with Crippen molar-refractivity contribution in [2.24, 2.45) is 0 Å². The van der Waals surface area contributed by atoms with E-state index < -0.39 is 0 Å². The van der Waals surface area contributed by atoms with Crippen molar-refractivity contribution in [2.75, 3.05) is 32.9 Å². The van der Waals surface area contributed by atoms with Gasteiger partial charge in [-0.25, -0.2) is 0 Å². The van der Waals surface area contributed by atoms with E-state index in [-0.39, 0.29) is 5.60 Å². The molecule has 1 atom stereocenters. The highest BCUT2D eigenvalue weighted by Crippen LogP contribution is 2.27. The quantitative estimate of drug-likeness (QED) is 0.605. The van der Waals surface area contributed by atoms with E-state index >= 15 is 0 Å². The van der Waals surface area contributed by atoms with E-state index in [1.54, 1.807) is 0 Å². The topological polar surface area (TPSA) is 21.7 Å². The van der Waals surface area contributed by atoms with Crippen LogP contribution < -0.4 is 0 Å². The summed E-state index contributed by atoms with van der Waals surface area (Å²) in [5, 5.41) is 0. The maximum absolute atomic E-state index is 5.84. The minimum Gasteiger partial charge on any atom is -0.378 e. The molecule has 2 aliphatic rings. The second kappa shape index (κ2) is 3.56. The van der Waals surface area contributed by atoms with Crippen LogP contribution in [0.15, 0.2) is 0 Å². The molecule has 2 fully saturated rings. The first-order valence-corrected chi connectivity index (χ1v) is 5.18. The summed E-state index contributed by atoms with van der Waals surface area (Å²) >= 11 is 0. The number of hydrogen-bond acceptors (Lipinski definition) is 3. The van der Waals surface area contributed by atoms with Gasteiger partial charge in [0.2, 0.25) is 0 Å². The van der Waals surface area contributed by atoms with Gasteiger partial charge in [0.05, 0.1) is 13.2 Å². The Labute approximate surface area is 80.0 Å². The number of nitrogens with zero attached hydrogens (tertiary/aromatic N) is 1. The van der Waals surface area contributed by atoms with Crippen molar-refractivity contribution in [3.63, 3.8) is 0 Å². The highest BCUT2D eigenvalue weighted by Gasteiger charge is 2.40. The van der Waals surface area contributed by atoms with Gasteiger partial charge in [0.25, 0.3) is 0 Å². The van der Waals surface area contributed by atoms with E-state index in [0.29, 0.717) is 6.04 Å². The van der Waals surface area contributed by atoms with E-state index in [2.05, 4.69) is 18.7 Å². The van der Waals surface area contributed by atoms with Gasteiger partial charge < -0.3 is 9.47 Å². The first kappa shape index (κ1) is 9.44. The van der Waals surface area contributed by atoms with Crippen LogP contribution >= 0.6 is 0 Å². The van der Waals surface area contributed by atoms with Gasteiger partial charge in [-0.3, -0.25) is 4.90 Å². The zero-order valence-electron chi connectivity index (χ0n) is 8.58. The molecule has 0 aromatic carbocycles. The molecule has 0 aromatic rings. The van der Waals surface area contributed by atoms with Crippen LogP contribution in [0, 0.1) is 0 Å². The van der Waals surface area contributed by atoms with Crippen molar-refractivity contribution < 1.29 is 9.47 Å². The van der Waals surface area contributed by atoms with Crippen LogP contribution in [0.3, 0.4) is 0 Å². The van der Waals surface area contributed by atoms with Gasteiger partial charge in [-0.2, -0.15) is 0 Å². The minimum atomic E-state index is 0.0303. The van der Waals surface area contributed by atoms with Crippen molar-refractivity contribution in [3.05, 3.63) is 0 Å². The lowest BCUT2D eigenvalue weighted by molar-refractivity contribution is -0.115. The maximum Gasteiger partial charge on any atom is 0.106 e. The lowest BCUT2D eigenvalue weighted by atomic mass is 10.00. The Hall–Kier alpha value is -0.120. The average Bonchev–Trinajstić information content (AvgIpc) is 2.53. The molecule has 76 valence electrons. The fourth-order valence-electron chi connectivity index (χ4n) is 2.14. The molecular weight excluding hydrogens is 166 g/mol. The molecule has 0 aliphatic carbocycles. The average molecular weight is 185 g/mol. The Morgan fingerprint density at radius 1 is 1.31 bits per heavy atom. The van der Waals surface area contributed by atoms with Crippen LogP contribution in [0.5, 0.6) is 0 Å². The second-order valence-electron chi connectivity index (χ2n) is 4.40. The zero-order valence-corrected chi connectivity index (χ0v) is 8.58. The fourth-order valence-corrected chi connectivity index (χ4v) is 2.14. The zero-order chi connectivity index (χ0) is 9.31. The molecule has 0 bridgehead atoms. The third-order valence-corrected chi connectivity index (χ3v) is 3.08. The van der Waals surface area contributed by atoms with Gasteiger partial charge in [-0.05, 0) is 13.8 Å². The molecule has 2 rings (SSSR count). The Morgan fingerprint density at radius 3 is 2.77 bits per heavy atom. The van der Waals surface area contributed by atoms with E-state index in [1.807, 2.05) is 0 Å². The standard InChI is InChI=1S/C10H19NO2/c1-9(2)11-4-6-13-10(7-11)3-5-12-8-10/h9H,3-8H2,1-2H3/t10-/m0/s1. The largest absolute Gasteiger partial charge is 0.378 e. The third-order valence-electron chi connectivity index (χ3n) is 3.08. The summed E-state index contributed by atoms with van der Waals surface area (Å²) in [4.78, 5) is 2.48. The summed E-state index contributed by atoms with van der Waals surface area (Å²) in [6.07, 6.45) is 1.07. The molecule has 0 radical (unpaired) electrons. The van der Waals surface area contributed by atoms with Crippen LogP contribution in [-0.4, -0.2) is 49.5 Å². The fraction of sp³-hybridized carbons (Fsp3) is 1.00. The number of ether oxygens (including phenoxy) is 2. The molecule has 0 N–H and O–H groups in total. The van der Waals surface area contributed by atoms with Crippen LogP contribution in [0.1, 0.15) is 20.3 Å². The monoisotopic (exact) mass is 185 g/mol. The van der Waals surface area contributed by atoms with Crippen LogP contribution in [-0.2, 0) is 9.47 Å². The summed E-state index contributed by atoms with van der Waals surface area (Å²) in [5.74, 6) is 0. The van der Waals surface area contributed by atoms with E-state index in [0.717, 1.165) is 39.3 Å². The lowest BCUT2D eigenvalue weighted by Crippen LogP contribution is -2.54. The molecule has 2 saturated heterocycles. The normalized spacial score (nSPS) is 36.2. The Balaban J connectivity index is 1.98. The minimum absolute atomic E-state index is 0.0303. The predicted molar refractivity (Wildman–Crippen MR) is 50.8 cm³/mol. The van der Waals surface area contributed by atoms with Gasteiger partial charge in [0.1, 0.15) is 5.60 Å². The Kier molecular flexibility index (Phi) is 2.58. The first-order valence-electron chi connectivity index (χ1n) is 5.18. The molecular formula is C10H19NO2. The van der Waals surface area contributed by atoms with Gasteiger partial charge in [0, 0.05) is 32.2 Å². The molecule has 0 aromatic heterocycles. The van der Waals surface area contributed by atoms with E-state index in [1.165, 1.54) is 0 Å². The third kappa shape index (κ3) is 1.87. The van der Waals surface area contributed by atoms with Crippen molar-refractivity contribution in [3.8, 4) is 0 Å². The number of rotatable bonds is 1. The van der Waals surface area contributed by atoms with Crippen molar-refractivity contribution in [2.45, 2.75) is 31.9 Å². The second-order valence-corrected chi connectivity index (χ2v) is 4.40. The Bertz CT molecular complexity index is 176. The van der Waals surface area contributed by atoms with Crippen molar-refractivity contribution in [1.29, 1.82) is 0 Å². The summed E-state index contributed by atoms with van der Waals surface area (Å²) in [5.41, 5.74) is 0.0303. The van der Waals surface area contributed by atoms with Crippen molar-refractivity contribution >= 4 is 0 Å². The molecule has 3 nitrogen and oxygen atoms in total. The summed E-state index contributed by atoms with van der Waals surface area (Å²) in [6, 6.07) is 0.626. The molecule has 1 spiro atoms.